The second-order valence-corrected chi connectivity index (χ2v) is 8.49. The summed E-state index contributed by atoms with van der Waals surface area (Å²) in [5, 5.41) is 1.57. The number of ether oxygens (including phenoxy) is 1. The van der Waals surface area contributed by atoms with Crippen molar-refractivity contribution in [2.75, 3.05) is 16.6 Å². The Morgan fingerprint density at radius 2 is 1.86 bits per heavy atom. The molecule has 0 radical (unpaired) electrons. The molecule has 3 rings (SSSR count). The Morgan fingerprint density at radius 1 is 1.17 bits per heavy atom. The Hall–Kier alpha value is -2.69. The average molecular weight is 422 g/mol. The van der Waals surface area contributed by atoms with Gasteiger partial charge < -0.3 is 10.1 Å². The largest absolute Gasteiger partial charge is 0.494 e. The van der Waals surface area contributed by atoms with Crippen LogP contribution in [0.2, 0.25) is 0 Å². The molecule has 0 spiro atoms. The van der Waals surface area contributed by atoms with Crippen molar-refractivity contribution in [1.29, 1.82) is 0 Å². The van der Waals surface area contributed by atoms with Gasteiger partial charge in [-0.15, -0.1) is 0 Å². The first kappa shape index (κ1) is 21.0. The molecule has 0 aromatic heterocycles. The zero-order valence-electron chi connectivity index (χ0n) is 16.0. The minimum atomic E-state index is -3.79. The van der Waals surface area contributed by atoms with Gasteiger partial charge >= 0.3 is 0 Å². The van der Waals surface area contributed by atoms with E-state index in [4.69, 9.17) is 4.74 Å². The average Bonchev–Trinajstić information content (AvgIpc) is 3.18. The van der Waals surface area contributed by atoms with Crippen LogP contribution in [0.1, 0.15) is 18.9 Å². The van der Waals surface area contributed by atoms with Crippen LogP contribution in [0.5, 0.6) is 5.75 Å². The molecule has 1 aliphatic rings. The molecule has 1 fully saturated rings. The van der Waals surface area contributed by atoms with Crippen LogP contribution < -0.4 is 25.6 Å². The van der Waals surface area contributed by atoms with Gasteiger partial charge in [0.2, 0.25) is 15.9 Å². The van der Waals surface area contributed by atoms with E-state index in [1.54, 1.807) is 43.3 Å². The Bertz CT molecular complexity index is 982. The molecular weight excluding hydrogens is 399 g/mol. The van der Waals surface area contributed by atoms with Crippen LogP contribution in [-0.4, -0.2) is 32.3 Å². The van der Waals surface area contributed by atoms with Crippen LogP contribution >= 0.6 is 0 Å². The number of rotatable bonds is 7. The van der Waals surface area contributed by atoms with Crippen LogP contribution in [-0.2, 0) is 14.8 Å². The number of hydrogen-bond acceptors (Lipinski definition) is 6. The monoisotopic (exact) mass is 422 g/mol. The van der Waals surface area contributed by atoms with E-state index < -0.39 is 33.2 Å². The first-order valence-electron chi connectivity index (χ1n) is 9.11. The molecule has 4 N–H and O–H groups in total. The van der Waals surface area contributed by atoms with Gasteiger partial charge in [-0.05, 0) is 55.8 Å². The normalized spacial score (nSPS) is 19.0. The summed E-state index contributed by atoms with van der Waals surface area (Å²) in [6.45, 7) is 3.99. The minimum absolute atomic E-state index is 0.00649. The third kappa shape index (κ3) is 5.22. The van der Waals surface area contributed by atoms with Gasteiger partial charge in [-0.25, -0.2) is 23.7 Å². The quantitative estimate of drug-likeness (QED) is 0.544. The van der Waals surface area contributed by atoms with E-state index >= 15 is 0 Å². The topological polar surface area (TPSA) is 109 Å². The highest BCUT2D eigenvalue weighted by Gasteiger charge is 2.37. The Balaban J connectivity index is 1.59. The summed E-state index contributed by atoms with van der Waals surface area (Å²) in [7, 11) is -3.79. The van der Waals surface area contributed by atoms with Gasteiger partial charge in [0.25, 0.3) is 0 Å². The molecule has 2 unspecified atom stereocenters. The van der Waals surface area contributed by atoms with E-state index in [1.807, 2.05) is 6.92 Å². The summed E-state index contributed by atoms with van der Waals surface area (Å²) in [5.41, 5.74) is 6.46. The lowest BCUT2D eigenvalue weighted by molar-refractivity contribution is -0.117. The highest BCUT2D eigenvalue weighted by molar-refractivity contribution is 7.93. The van der Waals surface area contributed by atoms with E-state index in [0.717, 1.165) is 0 Å². The fourth-order valence-corrected chi connectivity index (χ4v) is 4.10. The van der Waals surface area contributed by atoms with Crippen molar-refractivity contribution in [2.45, 2.75) is 31.7 Å². The summed E-state index contributed by atoms with van der Waals surface area (Å²) < 4.78 is 46.6. The van der Waals surface area contributed by atoms with Gasteiger partial charge in [0, 0.05) is 17.8 Å². The second-order valence-electron chi connectivity index (χ2n) is 6.62. The number of carbonyl (C=O) groups is 1. The molecule has 1 amide bonds. The number of amides is 1. The lowest BCUT2D eigenvalue weighted by Crippen LogP contribution is -2.42. The fraction of sp³-hybridized carbons (Fsp3) is 0.316. The Morgan fingerprint density at radius 3 is 2.52 bits per heavy atom. The van der Waals surface area contributed by atoms with E-state index in [-0.39, 0.29) is 6.42 Å². The van der Waals surface area contributed by atoms with E-state index in [9.17, 15) is 17.6 Å². The number of benzene rings is 2. The predicted molar refractivity (Wildman–Crippen MR) is 108 cm³/mol. The molecule has 2 aromatic rings. The smallest absolute Gasteiger partial charge is 0.250 e. The number of carbonyl (C=O) groups excluding carboxylic acids is 1. The number of nitrogens with one attached hydrogen (secondary N) is 4. The number of hydrazine groups is 1. The van der Waals surface area contributed by atoms with Crippen LogP contribution in [0.3, 0.4) is 0 Å². The number of aryl methyl sites for hydroxylation is 1. The zero-order chi connectivity index (χ0) is 21.0. The highest BCUT2D eigenvalue weighted by atomic mass is 32.2. The molecule has 2 atom stereocenters. The van der Waals surface area contributed by atoms with Gasteiger partial charge in [-0.2, -0.15) is 0 Å². The van der Waals surface area contributed by atoms with Crippen LogP contribution in [0.4, 0.5) is 15.8 Å². The molecule has 0 aliphatic carbocycles. The SMILES string of the molecule is CCOc1ccc(NS(=O)(=O)C2CC(C(=O)Nc3ccc(C)c(F)c3)NN2)cc1. The first-order chi connectivity index (χ1) is 13.8. The lowest BCUT2D eigenvalue weighted by Gasteiger charge is -2.14. The molecule has 156 valence electrons. The Kier molecular flexibility index (Phi) is 6.36. The molecule has 0 bridgehead atoms. The van der Waals surface area contributed by atoms with Gasteiger partial charge in [0.15, 0.2) is 0 Å². The van der Waals surface area contributed by atoms with Gasteiger partial charge in [0.05, 0.1) is 6.61 Å². The number of anilines is 2. The number of hydrogen-bond donors (Lipinski definition) is 4. The standard InChI is InChI=1S/C19H23FN4O4S/c1-3-28-15-8-6-13(7-9-15)24-29(26,27)18-11-17(22-23-18)19(25)21-14-5-4-12(2)16(20)10-14/h4-10,17-18,22-24H,3,11H2,1-2H3,(H,21,25). The first-order valence-corrected chi connectivity index (χ1v) is 10.7. The van der Waals surface area contributed by atoms with Crippen molar-refractivity contribution < 1.29 is 22.3 Å². The Labute approximate surface area is 168 Å². The summed E-state index contributed by atoms with van der Waals surface area (Å²) in [5.74, 6) is -0.250. The molecular formula is C19H23FN4O4S. The molecule has 29 heavy (non-hydrogen) atoms. The third-order valence-electron chi connectivity index (χ3n) is 4.42. The third-order valence-corrected chi connectivity index (χ3v) is 6.00. The molecule has 0 saturated carbocycles. The summed E-state index contributed by atoms with van der Waals surface area (Å²) in [6, 6.07) is 10.1. The fourth-order valence-electron chi connectivity index (χ4n) is 2.82. The second kappa shape index (κ2) is 8.76. The number of sulfonamides is 1. The summed E-state index contributed by atoms with van der Waals surface area (Å²) in [6.07, 6.45) is 0.00649. The zero-order valence-corrected chi connectivity index (χ0v) is 16.8. The molecule has 1 heterocycles. The van der Waals surface area contributed by atoms with E-state index in [2.05, 4.69) is 20.9 Å². The van der Waals surface area contributed by atoms with Crippen LogP contribution in [0.15, 0.2) is 42.5 Å². The van der Waals surface area contributed by atoms with Crippen LogP contribution in [0.25, 0.3) is 0 Å². The van der Waals surface area contributed by atoms with E-state index in [1.165, 1.54) is 6.07 Å². The van der Waals surface area contributed by atoms with E-state index in [0.29, 0.717) is 29.3 Å². The minimum Gasteiger partial charge on any atom is -0.494 e. The lowest BCUT2D eigenvalue weighted by atomic mass is 10.2. The van der Waals surface area contributed by atoms with Gasteiger partial charge in [-0.3, -0.25) is 9.52 Å². The van der Waals surface area contributed by atoms with Crippen LogP contribution in [0, 0.1) is 12.7 Å². The van der Waals surface area contributed by atoms with Gasteiger partial charge in [-0.1, -0.05) is 6.07 Å². The van der Waals surface area contributed by atoms with Crippen molar-refractivity contribution in [3.8, 4) is 5.75 Å². The number of halogens is 1. The highest BCUT2D eigenvalue weighted by Crippen LogP contribution is 2.20. The van der Waals surface area contributed by atoms with Crippen molar-refractivity contribution >= 4 is 27.3 Å². The molecule has 10 heteroatoms. The van der Waals surface area contributed by atoms with Crippen molar-refractivity contribution in [2.24, 2.45) is 0 Å². The summed E-state index contributed by atoms with van der Waals surface area (Å²) in [4.78, 5) is 12.4. The molecule has 2 aromatic carbocycles. The molecule has 1 aliphatic heterocycles. The van der Waals surface area contributed by atoms with Crippen molar-refractivity contribution in [3.05, 3.63) is 53.8 Å². The maximum atomic E-state index is 13.6. The van der Waals surface area contributed by atoms with Gasteiger partial charge in [0.1, 0.15) is 23.0 Å². The van der Waals surface area contributed by atoms with Crippen molar-refractivity contribution in [1.82, 2.24) is 10.9 Å². The maximum Gasteiger partial charge on any atom is 0.250 e. The molecule has 8 nitrogen and oxygen atoms in total. The molecule has 1 saturated heterocycles. The van der Waals surface area contributed by atoms with Crippen molar-refractivity contribution in [3.63, 3.8) is 0 Å². The maximum absolute atomic E-state index is 13.6. The summed E-state index contributed by atoms with van der Waals surface area (Å²) >= 11 is 0. The predicted octanol–water partition coefficient (Wildman–Crippen LogP) is 2.11.